The maximum atomic E-state index is 10.2. The molecule has 0 amide bonds. The highest BCUT2D eigenvalue weighted by atomic mass is 32.1. The van der Waals surface area contributed by atoms with E-state index in [1.807, 2.05) is 25.1 Å². The van der Waals surface area contributed by atoms with E-state index in [1.165, 1.54) is 4.88 Å². The lowest BCUT2D eigenvalue weighted by Gasteiger charge is -2.30. The van der Waals surface area contributed by atoms with Crippen LogP contribution in [0.3, 0.4) is 0 Å². The van der Waals surface area contributed by atoms with E-state index in [9.17, 15) is 5.11 Å². The Hall–Kier alpha value is -1.32. The molecule has 2 rings (SSSR count). The van der Waals surface area contributed by atoms with Crippen LogP contribution in [0.1, 0.15) is 36.8 Å². The fourth-order valence-corrected chi connectivity index (χ4v) is 3.23. The predicted octanol–water partition coefficient (Wildman–Crippen LogP) is 4.26. The number of thiophene rings is 1. The smallest absolute Gasteiger partial charge is 0.0807 e. The first kappa shape index (κ1) is 15.1. The summed E-state index contributed by atoms with van der Waals surface area (Å²) in [7, 11) is 2.11. The molecule has 1 unspecified atom stereocenters. The van der Waals surface area contributed by atoms with Gasteiger partial charge in [0, 0.05) is 35.6 Å². The summed E-state index contributed by atoms with van der Waals surface area (Å²) >= 11 is 1.80. The van der Waals surface area contributed by atoms with E-state index in [-0.39, 0.29) is 6.10 Å². The second-order valence-corrected chi connectivity index (χ2v) is 6.26. The van der Waals surface area contributed by atoms with E-state index >= 15 is 0 Å². The number of aliphatic hydroxyl groups is 1. The van der Waals surface area contributed by atoms with Gasteiger partial charge in [0.05, 0.1) is 6.10 Å². The molecule has 1 aromatic heterocycles. The highest BCUT2D eigenvalue weighted by molar-refractivity contribution is 7.09. The number of hydrogen-bond donors (Lipinski definition) is 1. The Kier molecular flexibility index (Phi) is 5.21. The minimum atomic E-state index is -0.386. The molecule has 1 heterocycles. The van der Waals surface area contributed by atoms with Crippen LogP contribution in [0, 0.1) is 0 Å². The van der Waals surface area contributed by atoms with E-state index in [4.69, 9.17) is 0 Å². The summed E-state index contributed by atoms with van der Waals surface area (Å²) in [6.45, 7) is 4.24. The van der Waals surface area contributed by atoms with E-state index in [2.05, 4.69) is 42.5 Å². The molecule has 0 saturated carbocycles. The molecule has 108 valence electrons. The molecule has 0 aliphatic rings. The normalized spacial score (nSPS) is 14.0. The van der Waals surface area contributed by atoms with Crippen molar-refractivity contribution in [3.05, 3.63) is 52.2 Å². The second-order valence-electron chi connectivity index (χ2n) is 5.23. The van der Waals surface area contributed by atoms with Gasteiger partial charge in [-0.2, -0.15) is 0 Å². The molecule has 0 fully saturated rings. The van der Waals surface area contributed by atoms with Crippen LogP contribution in [0.5, 0.6) is 0 Å². The molecule has 0 saturated heterocycles. The lowest BCUT2D eigenvalue weighted by Crippen LogP contribution is -2.31. The zero-order valence-electron chi connectivity index (χ0n) is 12.4. The number of para-hydroxylation sites is 1. The van der Waals surface area contributed by atoms with Crippen molar-refractivity contribution in [1.82, 2.24) is 0 Å². The number of nitrogens with zero attached hydrogens (tertiary/aromatic N) is 1. The minimum Gasteiger partial charge on any atom is -0.388 e. The van der Waals surface area contributed by atoms with Crippen LogP contribution in [-0.4, -0.2) is 18.2 Å². The SMILES string of the molecule is CC[C@H](O)c1ccccc1N(C)C(C)Cc1cccs1. The summed E-state index contributed by atoms with van der Waals surface area (Å²) in [6.07, 6.45) is 1.39. The third kappa shape index (κ3) is 3.41. The van der Waals surface area contributed by atoms with Crippen LogP contribution >= 0.6 is 11.3 Å². The zero-order valence-corrected chi connectivity index (χ0v) is 13.2. The fourth-order valence-electron chi connectivity index (χ4n) is 2.40. The summed E-state index contributed by atoms with van der Waals surface area (Å²) in [5, 5.41) is 12.3. The Morgan fingerprint density at radius 1 is 1.20 bits per heavy atom. The number of aliphatic hydroxyl groups excluding tert-OH is 1. The molecular weight excluding hydrogens is 266 g/mol. The van der Waals surface area contributed by atoms with Crippen LogP contribution in [0.2, 0.25) is 0 Å². The first-order valence-corrected chi connectivity index (χ1v) is 8.03. The zero-order chi connectivity index (χ0) is 14.5. The van der Waals surface area contributed by atoms with Crippen LogP contribution in [-0.2, 0) is 6.42 Å². The average molecular weight is 289 g/mol. The predicted molar refractivity (Wildman–Crippen MR) is 87.6 cm³/mol. The van der Waals surface area contributed by atoms with Crippen molar-refractivity contribution in [2.75, 3.05) is 11.9 Å². The van der Waals surface area contributed by atoms with Crippen molar-refractivity contribution < 1.29 is 5.11 Å². The minimum absolute atomic E-state index is 0.386. The molecule has 2 aromatic rings. The first-order chi connectivity index (χ1) is 9.63. The lowest BCUT2D eigenvalue weighted by molar-refractivity contribution is 0.174. The Labute approximate surface area is 125 Å². The molecule has 2 atom stereocenters. The van der Waals surface area contributed by atoms with Gasteiger partial charge in [-0.25, -0.2) is 0 Å². The van der Waals surface area contributed by atoms with Crippen LogP contribution < -0.4 is 4.90 Å². The number of benzene rings is 1. The molecule has 2 nitrogen and oxygen atoms in total. The van der Waals surface area contributed by atoms with Crippen LogP contribution in [0.25, 0.3) is 0 Å². The van der Waals surface area contributed by atoms with Crippen LogP contribution in [0.4, 0.5) is 5.69 Å². The molecule has 0 bridgehead atoms. The third-order valence-corrected chi connectivity index (χ3v) is 4.70. The van der Waals surface area contributed by atoms with Crippen molar-refractivity contribution in [1.29, 1.82) is 0 Å². The van der Waals surface area contributed by atoms with Gasteiger partial charge in [-0.1, -0.05) is 31.2 Å². The molecular formula is C17H23NOS. The standard InChI is InChI=1S/C17H23NOS/c1-4-17(19)15-9-5-6-10-16(15)18(3)13(2)12-14-8-7-11-20-14/h5-11,13,17,19H,4,12H2,1-3H3/t13?,17-/m0/s1. The molecule has 0 aliphatic carbocycles. The van der Waals surface area contributed by atoms with Crippen molar-refractivity contribution in [3.8, 4) is 0 Å². The Morgan fingerprint density at radius 2 is 1.95 bits per heavy atom. The number of hydrogen-bond acceptors (Lipinski definition) is 3. The maximum Gasteiger partial charge on any atom is 0.0807 e. The summed E-state index contributed by atoms with van der Waals surface area (Å²) in [5.41, 5.74) is 2.15. The summed E-state index contributed by atoms with van der Waals surface area (Å²) in [5.74, 6) is 0. The van der Waals surface area contributed by atoms with E-state index < -0.39 is 0 Å². The fraction of sp³-hybridized carbons (Fsp3) is 0.412. The molecule has 0 spiro atoms. The number of rotatable bonds is 6. The monoisotopic (exact) mass is 289 g/mol. The van der Waals surface area contributed by atoms with Crippen molar-refractivity contribution in [2.24, 2.45) is 0 Å². The average Bonchev–Trinajstić information content (AvgIpc) is 2.98. The molecule has 1 N–H and O–H groups in total. The maximum absolute atomic E-state index is 10.2. The van der Waals surface area contributed by atoms with E-state index in [0.717, 1.165) is 24.1 Å². The Balaban J connectivity index is 2.17. The molecule has 1 aromatic carbocycles. The summed E-state index contributed by atoms with van der Waals surface area (Å²) in [4.78, 5) is 3.67. The summed E-state index contributed by atoms with van der Waals surface area (Å²) < 4.78 is 0. The number of anilines is 1. The van der Waals surface area contributed by atoms with Crippen molar-refractivity contribution in [3.63, 3.8) is 0 Å². The Bertz CT molecular complexity index is 524. The van der Waals surface area contributed by atoms with Gasteiger partial charge in [-0.05, 0) is 30.9 Å². The van der Waals surface area contributed by atoms with E-state index in [0.29, 0.717) is 6.04 Å². The lowest BCUT2D eigenvalue weighted by atomic mass is 10.0. The van der Waals surface area contributed by atoms with Gasteiger partial charge in [-0.15, -0.1) is 11.3 Å². The molecule has 20 heavy (non-hydrogen) atoms. The van der Waals surface area contributed by atoms with Crippen molar-refractivity contribution >= 4 is 17.0 Å². The number of likely N-dealkylation sites (N-methyl/N-ethyl adjacent to an activating group) is 1. The topological polar surface area (TPSA) is 23.5 Å². The van der Waals surface area contributed by atoms with Gasteiger partial charge >= 0.3 is 0 Å². The highest BCUT2D eigenvalue weighted by Gasteiger charge is 2.17. The van der Waals surface area contributed by atoms with Gasteiger partial charge in [0.1, 0.15) is 0 Å². The highest BCUT2D eigenvalue weighted by Crippen LogP contribution is 2.29. The van der Waals surface area contributed by atoms with Gasteiger partial charge < -0.3 is 10.0 Å². The second kappa shape index (κ2) is 6.91. The molecule has 0 radical (unpaired) electrons. The van der Waals surface area contributed by atoms with Gasteiger partial charge in [0.25, 0.3) is 0 Å². The molecule has 3 heteroatoms. The van der Waals surface area contributed by atoms with Gasteiger partial charge in [-0.3, -0.25) is 0 Å². The van der Waals surface area contributed by atoms with Gasteiger partial charge in [0.15, 0.2) is 0 Å². The summed E-state index contributed by atoms with van der Waals surface area (Å²) in [6, 6.07) is 12.8. The Morgan fingerprint density at radius 3 is 2.60 bits per heavy atom. The van der Waals surface area contributed by atoms with E-state index in [1.54, 1.807) is 11.3 Å². The third-order valence-electron chi connectivity index (χ3n) is 3.80. The van der Waals surface area contributed by atoms with Gasteiger partial charge in [0.2, 0.25) is 0 Å². The van der Waals surface area contributed by atoms with Crippen molar-refractivity contribution in [2.45, 2.75) is 38.8 Å². The first-order valence-electron chi connectivity index (χ1n) is 7.15. The largest absolute Gasteiger partial charge is 0.388 e. The quantitative estimate of drug-likeness (QED) is 0.859. The van der Waals surface area contributed by atoms with Crippen LogP contribution in [0.15, 0.2) is 41.8 Å². The molecule has 0 aliphatic heterocycles.